The summed E-state index contributed by atoms with van der Waals surface area (Å²) in [5, 5.41) is 5.61. The van der Waals surface area contributed by atoms with Gasteiger partial charge in [0.05, 0.1) is 17.9 Å². The molecular formula is C14H12ClN3O3S. The standard InChI is InChI=1S/C14H12ClN3O3S/c1-8-7-22-14(16-8)17-12(19)5-18-6-13(20)21-11-3-2-9(15)4-10(11)18/h2-4,7H,5-6H2,1H3,(H,16,17,19). The third kappa shape index (κ3) is 3.20. The van der Waals surface area contributed by atoms with E-state index in [1.807, 2.05) is 12.3 Å². The van der Waals surface area contributed by atoms with Gasteiger partial charge in [-0.25, -0.2) is 9.78 Å². The average Bonchev–Trinajstić information content (AvgIpc) is 2.84. The fraction of sp³-hybridized carbons (Fsp3) is 0.214. The van der Waals surface area contributed by atoms with Gasteiger partial charge in [-0.2, -0.15) is 0 Å². The summed E-state index contributed by atoms with van der Waals surface area (Å²) < 4.78 is 5.14. The van der Waals surface area contributed by atoms with Crippen molar-refractivity contribution in [3.8, 4) is 5.75 Å². The Labute approximate surface area is 135 Å². The summed E-state index contributed by atoms with van der Waals surface area (Å²) in [6, 6.07) is 4.92. The van der Waals surface area contributed by atoms with E-state index < -0.39 is 5.97 Å². The van der Waals surface area contributed by atoms with E-state index in [0.717, 1.165) is 5.69 Å². The molecule has 1 aliphatic rings. The molecule has 0 fully saturated rings. The first-order chi connectivity index (χ1) is 10.5. The topological polar surface area (TPSA) is 71.5 Å². The van der Waals surface area contributed by atoms with Crippen molar-refractivity contribution in [2.75, 3.05) is 23.3 Å². The van der Waals surface area contributed by atoms with Gasteiger partial charge in [-0.15, -0.1) is 11.3 Å². The van der Waals surface area contributed by atoms with Gasteiger partial charge in [0.15, 0.2) is 10.9 Å². The van der Waals surface area contributed by atoms with E-state index in [0.29, 0.717) is 21.6 Å². The molecule has 0 spiro atoms. The molecule has 1 aromatic heterocycles. The van der Waals surface area contributed by atoms with Crippen LogP contribution in [0.2, 0.25) is 5.02 Å². The van der Waals surface area contributed by atoms with E-state index in [1.54, 1.807) is 23.1 Å². The quantitative estimate of drug-likeness (QED) is 0.688. The number of benzene rings is 1. The number of amides is 1. The highest BCUT2D eigenvalue weighted by Crippen LogP contribution is 2.34. The molecular weight excluding hydrogens is 326 g/mol. The lowest BCUT2D eigenvalue weighted by atomic mass is 10.2. The van der Waals surface area contributed by atoms with Gasteiger partial charge in [0.1, 0.15) is 6.54 Å². The summed E-state index contributed by atoms with van der Waals surface area (Å²) in [6.07, 6.45) is 0. The Morgan fingerprint density at radius 3 is 3.09 bits per heavy atom. The van der Waals surface area contributed by atoms with Gasteiger partial charge in [-0.1, -0.05) is 11.6 Å². The van der Waals surface area contributed by atoms with Gasteiger partial charge in [-0.3, -0.25) is 4.79 Å². The number of carbonyl (C=O) groups is 2. The van der Waals surface area contributed by atoms with Crippen molar-refractivity contribution in [2.24, 2.45) is 0 Å². The molecule has 1 aromatic carbocycles. The number of carbonyl (C=O) groups excluding carboxylic acids is 2. The second-order valence-corrected chi connectivity index (χ2v) is 6.08. The van der Waals surface area contributed by atoms with Crippen LogP contribution in [0.5, 0.6) is 5.75 Å². The summed E-state index contributed by atoms with van der Waals surface area (Å²) in [6.45, 7) is 1.86. The molecule has 0 bridgehead atoms. The van der Waals surface area contributed by atoms with Crippen LogP contribution in [0.15, 0.2) is 23.6 Å². The zero-order chi connectivity index (χ0) is 15.7. The Morgan fingerprint density at radius 2 is 2.36 bits per heavy atom. The summed E-state index contributed by atoms with van der Waals surface area (Å²) in [7, 11) is 0. The van der Waals surface area contributed by atoms with Crippen molar-refractivity contribution in [3.63, 3.8) is 0 Å². The number of aromatic nitrogens is 1. The maximum Gasteiger partial charge on any atom is 0.331 e. The van der Waals surface area contributed by atoms with Crippen LogP contribution in [0.3, 0.4) is 0 Å². The van der Waals surface area contributed by atoms with Crippen LogP contribution in [0.25, 0.3) is 0 Å². The Morgan fingerprint density at radius 1 is 1.55 bits per heavy atom. The van der Waals surface area contributed by atoms with Gasteiger partial charge >= 0.3 is 5.97 Å². The number of nitrogens with zero attached hydrogens (tertiary/aromatic N) is 2. The highest BCUT2D eigenvalue weighted by molar-refractivity contribution is 7.13. The van der Waals surface area contributed by atoms with Crippen LogP contribution in [-0.2, 0) is 9.59 Å². The lowest BCUT2D eigenvalue weighted by Gasteiger charge is -2.29. The largest absolute Gasteiger partial charge is 0.423 e. The number of hydrogen-bond donors (Lipinski definition) is 1. The molecule has 1 amide bonds. The highest BCUT2D eigenvalue weighted by atomic mass is 35.5. The van der Waals surface area contributed by atoms with Crippen molar-refractivity contribution in [1.82, 2.24) is 4.98 Å². The number of hydrogen-bond acceptors (Lipinski definition) is 6. The molecule has 0 aliphatic carbocycles. The van der Waals surface area contributed by atoms with E-state index in [-0.39, 0.29) is 19.0 Å². The van der Waals surface area contributed by atoms with E-state index in [1.165, 1.54) is 11.3 Å². The lowest BCUT2D eigenvalue weighted by molar-refractivity contribution is -0.133. The normalized spacial score (nSPS) is 13.5. The minimum Gasteiger partial charge on any atom is -0.423 e. The molecule has 0 radical (unpaired) electrons. The predicted octanol–water partition coefficient (Wildman–Crippen LogP) is 2.47. The van der Waals surface area contributed by atoms with Crippen LogP contribution in [0, 0.1) is 6.92 Å². The zero-order valence-corrected chi connectivity index (χ0v) is 13.2. The summed E-state index contributed by atoms with van der Waals surface area (Å²) in [4.78, 5) is 29.5. The van der Waals surface area contributed by atoms with Crippen molar-refractivity contribution < 1.29 is 14.3 Å². The SMILES string of the molecule is Cc1csc(NC(=O)CN2CC(=O)Oc3ccc(Cl)cc32)n1. The molecule has 1 N–H and O–H groups in total. The summed E-state index contributed by atoms with van der Waals surface area (Å²) >= 11 is 7.33. The number of aryl methyl sites for hydroxylation is 1. The third-order valence-electron chi connectivity index (χ3n) is 3.01. The van der Waals surface area contributed by atoms with E-state index >= 15 is 0 Å². The van der Waals surface area contributed by atoms with Gasteiger partial charge < -0.3 is 15.0 Å². The number of esters is 1. The first-order valence-electron chi connectivity index (χ1n) is 6.48. The Kier molecular flexibility index (Phi) is 4.00. The number of thiazole rings is 1. The lowest BCUT2D eigenvalue weighted by Crippen LogP contribution is -2.41. The average molecular weight is 338 g/mol. The molecule has 3 rings (SSSR count). The molecule has 0 saturated carbocycles. The molecule has 1 aliphatic heterocycles. The third-order valence-corrected chi connectivity index (χ3v) is 4.12. The van der Waals surface area contributed by atoms with Gasteiger partial charge in [0.2, 0.25) is 5.91 Å². The number of ether oxygens (including phenoxy) is 1. The monoisotopic (exact) mass is 337 g/mol. The van der Waals surface area contributed by atoms with Crippen LogP contribution in [0.4, 0.5) is 10.8 Å². The second kappa shape index (κ2) is 5.94. The number of anilines is 2. The molecule has 2 heterocycles. The van der Waals surface area contributed by atoms with Crippen molar-refractivity contribution in [2.45, 2.75) is 6.92 Å². The van der Waals surface area contributed by atoms with Crippen LogP contribution in [0.1, 0.15) is 5.69 Å². The number of halogens is 1. The Balaban J connectivity index is 1.76. The van der Waals surface area contributed by atoms with Crippen LogP contribution < -0.4 is 15.0 Å². The van der Waals surface area contributed by atoms with Crippen molar-refractivity contribution in [3.05, 3.63) is 34.3 Å². The fourth-order valence-corrected chi connectivity index (χ4v) is 2.98. The van der Waals surface area contributed by atoms with Gasteiger partial charge in [0, 0.05) is 10.4 Å². The number of rotatable bonds is 3. The molecule has 6 nitrogen and oxygen atoms in total. The maximum absolute atomic E-state index is 12.1. The molecule has 0 saturated heterocycles. The van der Waals surface area contributed by atoms with Crippen LogP contribution >= 0.6 is 22.9 Å². The molecule has 8 heteroatoms. The van der Waals surface area contributed by atoms with Crippen LogP contribution in [-0.4, -0.2) is 29.9 Å². The van der Waals surface area contributed by atoms with Crippen molar-refractivity contribution in [1.29, 1.82) is 0 Å². The summed E-state index contributed by atoms with van der Waals surface area (Å²) in [5.41, 5.74) is 1.47. The minimum atomic E-state index is -0.410. The van der Waals surface area contributed by atoms with E-state index in [9.17, 15) is 9.59 Å². The first kappa shape index (κ1) is 14.8. The smallest absolute Gasteiger partial charge is 0.331 e. The van der Waals surface area contributed by atoms with Gasteiger partial charge in [0.25, 0.3) is 0 Å². The number of nitrogens with one attached hydrogen (secondary N) is 1. The fourth-order valence-electron chi connectivity index (χ4n) is 2.10. The second-order valence-electron chi connectivity index (χ2n) is 4.78. The minimum absolute atomic E-state index is 0.00232. The maximum atomic E-state index is 12.1. The van der Waals surface area contributed by atoms with Gasteiger partial charge in [-0.05, 0) is 25.1 Å². The van der Waals surface area contributed by atoms with Crippen molar-refractivity contribution >= 4 is 45.6 Å². The molecule has 0 unspecified atom stereocenters. The van der Waals surface area contributed by atoms with E-state index in [2.05, 4.69) is 10.3 Å². The molecule has 2 aromatic rings. The first-order valence-corrected chi connectivity index (χ1v) is 7.74. The highest BCUT2D eigenvalue weighted by Gasteiger charge is 2.26. The predicted molar refractivity (Wildman–Crippen MR) is 84.8 cm³/mol. The molecule has 22 heavy (non-hydrogen) atoms. The summed E-state index contributed by atoms with van der Waals surface area (Å²) in [5.74, 6) is -0.263. The Hall–Kier alpha value is -2.12. The van der Waals surface area contributed by atoms with E-state index in [4.69, 9.17) is 16.3 Å². The zero-order valence-electron chi connectivity index (χ0n) is 11.6. The molecule has 114 valence electrons. The molecule has 0 atom stereocenters. The number of fused-ring (bicyclic) bond motifs is 1. The Bertz CT molecular complexity index is 747.